The van der Waals surface area contributed by atoms with Gasteiger partial charge in [0.1, 0.15) is 11.5 Å². The minimum Gasteiger partial charge on any atom is -0.497 e. The highest BCUT2D eigenvalue weighted by Crippen LogP contribution is 2.60. The second-order valence-electron chi connectivity index (χ2n) is 14.8. The van der Waals surface area contributed by atoms with Crippen LogP contribution in [0, 0.1) is 11.8 Å². The Morgan fingerprint density at radius 1 is 1.02 bits per heavy atom. The number of rotatable bonds is 12. The van der Waals surface area contributed by atoms with E-state index in [0.29, 0.717) is 34.9 Å². The molecule has 10 nitrogen and oxygen atoms in total. The van der Waals surface area contributed by atoms with Gasteiger partial charge < -0.3 is 29.1 Å². The van der Waals surface area contributed by atoms with Gasteiger partial charge in [-0.1, -0.05) is 81.4 Å². The summed E-state index contributed by atoms with van der Waals surface area (Å²) in [6.45, 7) is 10.7. The van der Waals surface area contributed by atoms with Gasteiger partial charge in [-0.25, -0.2) is 0 Å². The number of aliphatic hydroxyl groups excluding tert-OH is 1. The molecule has 10 heteroatoms. The van der Waals surface area contributed by atoms with E-state index >= 15 is 4.79 Å². The number of carbonyl (C=O) groups excluding carboxylic acids is 3. The first kappa shape index (κ1) is 36.9. The predicted molar refractivity (Wildman–Crippen MR) is 207 cm³/mol. The zero-order valence-electron chi connectivity index (χ0n) is 31.2. The summed E-state index contributed by atoms with van der Waals surface area (Å²) >= 11 is 0. The summed E-state index contributed by atoms with van der Waals surface area (Å²) in [5.41, 5.74) is 2.38. The maximum absolute atomic E-state index is 15.0. The molecule has 3 aliphatic rings. The summed E-state index contributed by atoms with van der Waals surface area (Å²) in [4.78, 5) is 47.9. The quantitative estimate of drug-likeness (QED) is 0.166. The fourth-order valence-corrected chi connectivity index (χ4v) is 8.85. The van der Waals surface area contributed by atoms with Crippen molar-refractivity contribution in [2.45, 2.75) is 50.9 Å². The molecule has 0 aromatic heterocycles. The molecule has 4 atom stereocenters. The molecule has 3 amide bonds. The largest absolute Gasteiger partial charge is 0.497 e. The summed E-state index contributed by atoms with van der Waals surface area (Å²) in [5.74, 6) is -0.118. The number of benzene rings is 4. The Hall–Kier alpha value is -5.45. The van der Waals surface area contributed by atoms with Crippen LogP contribution < -0.4 is 19.3 Å². The van der Waals surface area contributed by atoms with Crippen LogP contribution in [0.2, 0.25) is 0 Å². The summed E-state index contributed by atoms with van der Waals surface area (Å²) in [6, 6.07) is 30.5. The number of fused-ring (bicyclic) bond motifs is 3. The van der Waals surface area contributed by atoms with E-state index in [-0.39, 0.29) is 56.4 Å². The number of aliphatic hydroxyl groups is 1. The second-order valence-corrected chi connectivity index (χ2v) is 14.8. The Kier molecular flexibility index (Phi) is 10.1. The Morgan fingerprint density at radius 2 is 1.74 bits per heavy atom. The van der Waals surface area contributed by atoms with Gasteiger partial charge in [0.15, 0.2) is 12.2 Å². The lowest BCUT2D eigenvalue weighted by Crippen LogP contribution is -2.46. The van der Waals surface area contributed by atoms with E-state index in [4.69, 9.17) is 14.2 Å². The van der Waals surface area contributed by atoms with Gasteiger partial charge in [-0.3, -0.25) is 19.3 Å². The summed E-state index contributed by atoms with van der Waals surface area (Å²) in [6.07, 6.45) is 0.977. The van der Waals surface area contributed by atoms with Crippen LogP contribution in [0.15, 0.2) is 110 Å². The van der Waals surface area contributed by atoms with E-state index in [1.807, 2.05) is 104 Å². The number of hydrogen-bond acceptors (Lipinski definition) is 7. The Morgan fingerprint density at radius 3 is 2.44 bits per heavy atom. The third kappa shape index (κ3) is 6.23. The lowest BCUT2D eigenvalue weighted by molar-refractivity contribution is -0.150. The summed E-state index contributed by atoms with van der Waals surface area (Å²) < 4.78 is 18.4. The number of ether oxygens (including phenoxy) is 3. The molecule has 4 aromatic carbocycles. The number of amides is 3. The predicted octanol–water partition coefficient (Wildman–Crippen LogP) is 6.52. The van der Waals surface area contributed by atoms with Crippen molar-refractivity contribution in [2.24, 2.45) is 11.8 Å². The van der Waals surface area contributed by atoms with Crippen LogP contribution in [0.25, 0.3) is 0 Å². The molecule has 7 rings (SSSR count). The third-order valence-electron chi connectivity index (χ3n) is 11.4. The van der Waals surface area contributed by atoms with E-state index in [9.17, 15) is 14.7 Å². The van der Waals surface area contributed by atoms with E-state index in [2.05, 4.69) is 20.4 Å². The molecule has 54 heavy (non-hydrogen) atoms. The van der Waals surface area contributed by atoms with Crippen molar-refractivity contribution in [3.8, 4) is 11.5 Å². The Bertz CT molecular complexity index is 2050. The molecule has 0 radical (unpaired) electrons. The maximum atomic E-state index is 15.0. The number of hydrogen-bond donors (Lipinski definition) is 1. The van der Waals surface area contributed by atoms with Crippen molar-refractivity contribution in [3.63, 3.8) is 0 Å². The average Bonchev–Trinajstić information content (AvgIpc) is 3.60. The zero-order chi connectivity index (χ0) is 38.2. The fraction of sp³-hybridized carbons (Fsp3) is 0.341. The minimum absolute atomic E-state index is 0.0116. The molecule has 1 N–H and O–H groups in total. The molecule has 0 bridgehead atoms. The van der Waals surface area contributed by atoms with Crippen LogP contribution in [-0.4, -0.2) is 67.2 Å². The smallest absolute Gasteiger partial charge is 0.269 e. The molecule has 3 heterocycles. The van der Waals surface area contributed by atoms with Gasteiger partial charge >= 0.3 is 0 Å². The Balaban J connectivity index is 1.35. The number of methoxy groups -OCH3 is 1. The normalized spacial score (nSPS) is 21.8. The lowest BCUT2D eigenvalue weighted by Gasteiger charge is -2.39. The van der Waals surface area contributed by atoms with Gasteiger partial charge in [-0.15, -0.1) is 6.58 Å². The fourth-order valence-electron chi connectivity index (χ4n) is 8.85. The summed E-state index contributed by atoms with van der Waals surface area (Å²) in [7, 11) is 1.63. The number of carbonyl (C=O) groups is 3. The van der Waals surface area contributed by atoms with Gasteiger partial charge in [0.05, 0.1) is 37.6 Å². The van der Waals surface area contributed by atoms with Crippen molar-refractivity contribution in [3.05, 3.63) is 126 Å². The van der Waals surface area contributed by atoms with Crippen molar-refractivity contribution in [1.82, 2.24) is 4.90 Å². The first-order valence-electron chi connectivity index (χ1n) is 18.4. The molecule has 1 saturated heterocycles. The van der Waals surface area contributed by atoms with Crippen LogP contribution in [0.3, 0.4) is 0 Å². The van der Waals surface area contributed by atoms with Crippen molar-refractivity contribution >= 4 is 34.8 Å². The van der Waals surface area contributed by atoms with Crippen molar-refractivity contribution in [1.29, 1.82) is 0 Å². The highest BCUT2D eigenvalue weighted by molar-refractivity contribution is 6.10. The van der Waals surface area contributed by atoms with Crippen molar-refractivity contribution < 1.29 is 33.7 Å². The SMILES string of the molecule is C=CCN1C(=O)[C@]2(O[C@H](CC(=O)N(CCO)Cc3ccccc3)[C@@H](C(C)(C)c3ccc(OC)cc3)[C@@H]2C)c2cc(N3C(=O)COc4ccccc43)ccc21. The highest BCUT2D eigenvalue weighted by atomic mass is 16.5. The molecule has 0 aliphatic carbocycles. The molecule has 0 saturated carbocycles. The van der Waals surface area contributed by atoms with Gasteiger partial charge in [0.2, 0.25) is 5.91 Å². The van der Waals surface area contributed by atoms with Crippen LogP contribution in [-0.2, 0) is 36.7 Å². The van der Waals surface area contributed by atoms with E-state index in [1.165, 1.54) is 0 Å². The van der Waals surface area contributed by atoms with Crippen LogP contribution >= 0.6 is 0 Å². The number of nitrogens with zero attached hydrogens (tertiary/aromatic N) is 3. The van der Waals surface area contributed by atoms with E-state index in [1.54, 1.807) is 27.9 Å². The van der Waals surface area contributed by atoms with E-state index < -0.39 is 23.0 Å². The molecular weight excluding hydrogens is 682 g/mol. The minimum atomic E-state index is -1.48. The zero-order valence-corrected chi connectivity index (χ0v) is 31.2. The molecule has 280 valence electrons. The molecule has 3 aliphatic heterocycles. The topological polar surface area (TPSA) is 109 Å². The first-order valence-corrected chi connectivity index (χ1v) is 18.4. The molecule has 4 aromatic rings. The molecule has 1 fully saturated rings. The molecule has 1 spiro atoms. The summed E-state index contributed by atoms with van der Waals surface area (Å²) in [5, 5.41) is 10.0. The highest BCUT2D eigenvalue weighted by Gasteiger charge is 2.66. The van der Waals surface area contributed by atoms with Gasteiger partial charge in [-0.05, 0) is 59.0 Å². The van der Waals surface area contributed by atoms with Gasteiger partial charge in [-0.2, -0.15) is 0 Å². The standard InChI is InChI=1S/C44H47N3O7/c1-6-22-46-35-21-18-32(47-36-14-10-11-15-37(36)53-28-40(47)50)25-34(35)44(42(46)51)29(2)41(43(3,4)31-16-19-33(52-5)20-17-31)38(54-44)26-39(49)45(23-24-48)27-30-12-8-7-9-13-30/h6-21,25,29,38,41,48H,1,22-24,26-28H2,2-5H3/t29-,38+,41-,44+/m0/s1. The van der Waals surface area contributed by atoms with Gasteiger partial charge in [0.25, 0.3) is 11.8 Å². The first-order chi connectivity index (χ1) is 26.0. The van der Waals surface area contributed by atoms with Gasteiger partial charge in [0, 0.05) is 42.7 Å². The number of para-hydroxylation sites is 2. The average molecular weight is 730 g/mol. The second kappa shape index (κ2) is 14.8. The maximum Gasteiger partial charge on any atom is 0.269 e. The monoisotopic (exact) mass is 729 g/mol. The number of anilines is 3. The van der Waals surface area contributed by atoms with Crippen LogP contribution in [0.1, 0.15) is 43.9 Å². The lowest BCUT2D eigenvalue weighted by atomic mass is 9.63. The van der Waals surface area contributed by atoms with Crippen LogP contribution in [0.4, 0.5) is 17.1 Å². The van der Waals surface area contributed by atoms with Crippen molar-refractivity contribution in [2.75, 3.05) is 43.2 Å². The third-order valence-corrected chi connectivity index (χ3v) is 11.4. The molecule has 0 unspecified atom stereocenters. The van der Waals surface area contributed by atoms with E-state index in [0.717, 1.165) is 16.9 Å². The van der Waals surface area contributed by atoms with Crippen LogP contribution in [0.5, 0.6) is 11.5 Å². The Labute approximate surface area is 316 Å². The molecular formula is C44H47N3O7.